The van der Waals surface area contributed by atoms with Gasteiger partial charge in [0.1, 0.15) is 0 Å². The largest absolute Gasteiger partial charge is 0.392 e. The highest BCUT2D eigenvalue weighted by atomic mass is 16.3. The Morgan fingerprint density at radius 3 is 2.58 bits per heavy atom. The van der Waals surface area contributed by atoms with E-state index in [2.05, 4.69) is 23.6 Å². The lowest BCUT2D eigenvalue weighted by molar-refractivity contribution is 0.0333. The third kappa shape index (κ3) is 3.91. The standard InChI is InChI=1S/C19H28N4O/c1-4-16-12-22(9-10-23(16)11-14(2)24)13-19-15(3)20-17-7-5-6-8-18(17)21-19/h5-8,14,16,24H,4,9-13H2,1-3H3/t14-,16-/m0/s1. The molecule has 0 spiro atoms. The number of aliphatic hydroxyl groups excluding tert-OH is 1. The van der Waals surface area contributed by atoms with Gasteiger partial charge in [-0.05, 0) is 32.4 Å². The van der Waals surface area contributed by atoms with Crippen molar-refractivity contribution in [2.24, 2.45) is 0 Å². The molecule has 0 amide bonds. The predicted octanol–water partition coefficient (Wildman–Crippen LogP) is 2.22. The van der Waals surface area contributed by atoms with E-state index in [9.17, 15) is 5.11 Å². The fraction of sp³-hybridized carbons (Fsp3) is 0.579. The Labute approximate surface area is 144 Å². The minimum atomic E-state index is -0.265. The Kier molecular flexibility index (Phi) is 5.43. The van der Waals surface area contributed by atoms with Crippen LogP contribution in [0.15, 0.2) is 24.3 Å². The Hall–Kier alpha value is -1.56. The molecule has 2 aromatic rings. The van der Waals surface area contributed by atoms with E-state index in [-0.39, 0.29) is 6.10 Å². The molecule has 0 aliphatic carbocycles. The number of β-amino-alcohol motifs (C(OH)–C–C–N with tert-alkyl or cyclic N) is 1. The van der Waals surface area contributed by atoms with E-state index in [0.29, 0.717) is 6.04 Å². The zero-order valence-corrected chi connectivity index (χ0v) is 14.9. The Bertz CT molecular complexity index is 688. The number of hydrogen-bond acceptors (Lipinski definition) is 5. The van der Waals surface area contributed by atoms with Gasteiger partial charge >= 0.3 is 0 Å². The molecule has 1 fully saturated rings. The van der Waals surface area contributed by atoms with E-state index >= 15 is 0 Å². The maximum Gasteiger partial charge on any atom is 0.0890 e. The zero-order chi connectivity index (χ0) is 17.1. The molecule has 1 aromatic heterocycles. The van der Waals surface area contributed by atoms with Crippen molar-refractivity contribution < 1.29 is 5.11 Å². The van der Waals surface area contributed by atoms with Crippen LogP contribution < -0.4 is 0 Å². The smallest absolute Gasteiger partial charge is 0.0890 e. The van der Waals surface area contributed by atoms with Crippen LogP contribution in [0.4, 0.5) is 0 Å². The molecular formula is C19H28N4O. The number of aliphatic hydroxyl groups is 1. The van der Waals surface area contributed by atoms with Crippen LogP contribution in [0.25, 0.3) is 11.0 Å². The molecule has 2 heterocycles. The summed E-state index contributed by atoms with van der Waals surface area (Å²) in [7, 11) is 0. The number of para-hydroxylation sites is 2. The maximum absolute atomic E-state index is 9.68. The van der Waals surface area contributed by atoms with Gasteiger partial charge in [-0.15, -0.1) is 0 Å². The van der Waals surface area contributed by atoms with Gasteiger partial charge in [0.25, 0.3) is 0 Å². The van der Waals surface area contributed by atoms with Crippen LogP contribution in [0.5, 0.6) is 0 Å². The van der Waals surface area contributed by atoms with Gasteiger partial charge in [-0.25, -0.2) is 9.97 Å². The van der Waals surface area contributed by atoms with Crippen molar-refractivity contribution in [3.05, 3.63) is 35.7 Å². The van der Waals surface area contributed by atoms with E-state index in [1.165, 1.54) is 0 Å². The summed E-state index contributed by atoms with van der Waals surface area (Å²) in [5.41, 5.74) is 4.03. The minimum Gasteiger partial charge on any atom is -0.392 e. The first-order chi connectivity index (χ1) is 11.6. The molecule has 1 aliphatic rings. The quantitative estimate of drug-likeness (QED) is 0.912. The van der Waals surface area contributed by atoms with Gasteiger partial charge in [0.05, 0.1) is 28.5 Å². The van der Waals surface area contributed by atoms with Crippen LogP contribution in [-0.2, 0) is 6.54 Å². The Morgan fingerprint density at radius 2 is 1.92 bits per heavy atom. The highest BCUT2D eigenvalue weighted by Crippen LogP contribution is 2.18. The predicted molar refractivity (Wildman–Crippen MR) is 96.9 cm³/mol. The van der Waals surface area contributed by atoms with Crippen LogP contribution in [-0.4, -0.2) is 63.2 Å². The lowest BCUT2D eigenvalue weighted by Gasteiger charge is -2.41. The first-order valence-corrected chi connectivity index (χ1v) is 8.93. The van der Waals surface area contributed by atoms with Crippen molar-refractivity contribution >= 4 is 11.0 Å². The molecule has 5 heteroatoms. The second-order valence-electron chi connectivity index (χ2n) is 6.89. The summed E-state index contributed by atoms with van der Waals surface area (Å²) in [6, 6.07) is 8.56. The molecular weight excluding hydrogens is 300 g/mol. The number of nitrogens with zero attached hydrogens (tertiary/aromatic N) is 4. The molecule has 1 N–H and O–H groups in total. The molecule has 130 valence electrons. The first kappa shape index (κ1) is 17.3. The molecule has 3 rings (SSSR count). The van der Waals surface area contributed by atoms with Gasteiger partial charge in [-0.1, -0.05) is 19.1 Å². The maximum atomic E-state index is 9.68. The van der Waals surface area contributed by atoms with Gasteiger partial charge in [0, 0.05) is 38.8 Å². The molecule has 0 bridgehead atoms. The van der Waals surface area contributed by atoms with Crippen LogP contribution in [0.2, 0.25) is 0 Å². The number of fused-ring (bicyclic) bond motifs is 1. The van der Waals surface area contributed by atoms with Crippen molar-refractivity contribution in [2.45, 2.75) is 45.9 Å². The van der Waals surface area contributed by atoms with Gasteiger partial charge in [-0.3, -0.25) is 9.80 Å². The SMILES string of the molecule is CC[C@H]1CN(Cc2nc3ccccc3nc2C)CCN1C[C@H](C)O. The number of benzene rings is 1. The lowest BCUT2D eigenvalue weighted by atomic mass is 10.1. The van der Waals surface area contributed by atoms with E-state index in [1.807, 2.05) is 31.2 Å². The summed E-state index contributed by atoms with van der Waals surface area (Å²) in [6.45, 7) is 10.8. The molecule has 2 atom stereocenters. The fourth-order valence-electron chi connectivity index (χ4n) is 3.55. The third-order valence-electron chi connectivity index (χ3n) is 4.88. The van der Waals surface area contributed by atoms with Gasteiger partial charge in [-0.2, -0.15) is 0 Å². The fourth-order valence-corrected chi connectivity index (χ4v) is 3.55. The van der Waals surface area contributed by atoms with E-state index in [4.69, 9.17) is 9.97 Å². The Morgan fingerprint density at radius 1 is 1.21 bits per heavy atom. The van der Waals surface area contributed by atoms with E-state index in [0.717, 1.165) is 61.6 Å². The highest BCUT2D eigenvalue weighted by Gasteiger charge is 2.26. The molecule has 1 aliphatic heterocycles. The van der Waals surface area contributed by atoms with E-state index < -0.39 is 0 Å². The third-order valence-corrected chi connectivity index (χ3v) is 4.88. The Balaban J connectivity index is 1.71. The average molecular weight is 328 g/mol. The minimum absolute atomic E-state index is 0.265. The second-order valence-corrected chi connectivity index (χ2v) is 6.89. The summed E-state index contributed by atoms with van der Waals surface area (Å²) >= 11 is 0. The summed E-state index contributed by atoms with van der Waals surface area (Å²) in [4.78, 5) is 14.4. The van der Waals surface area contributed by atoms with Crippen molar-refractivity contribution in [3.63, 3.8) is 0 Å². The van der Waals surface area contributed by atoms with Gasteiger partial charge in [0.15, 0.2) is 0 Å². The van der Waals surface area contributed by atoms with Crippen molar-refractivity contribution in [3.8, 4) is 0 Å². The number of aryl methyl sites for hydroxylation is 1. The van der Waals surface area contributed by atoms with Gasteiger partial charge in [0.2, 0.25) is 0 Å². The van der Waals surface area contributed by atoms with Crippen LogP contribution in [0, 0.1) is 6.92 Å². The highest BCUT2D eigenvalue weighted by molar-refractivity contribution is 5.74. The number of aromatic nitrogens is 2. The van der Waals surface area contributed by atoms with Crippen molar-refractivity contribution in [2.75, 3.05) is 26.2 Å². The monoisotopic (exact) mass is 328 g/mol. The zero-order valence-electron chi connectivity index (χ0n) is 14.9. The van der Waals surface area contributed by atoms with E-state index in [1.54, 1.807) is 0 Å². The second kappa shape index (κ2) is 7.55. The molecule has 0 saturated carbocycles. The number of piperazine rings is 1. The lowest BCUT2D eigenvalue weighted by Crippen LogP contribution is -2.54. The number of rotatable bonds is 5. The molecule has 1 aromatic carbocycles. The summed E-state index contributed by atoms with van der Waals surface area (Å²) in [6.07, 6.45) is 0.838. The first-order valence-electron chi connectivity index (χ1n) is 8.93. The van der Waals surface area contributed by atoms with Crippen LogP contribution >= 0.6 is 0 Å². The van der Waals surface area contributed by atoms with Crippen LogP contribution in [0.3, 0.4) is 0 Å². The molecule has 1 saturated heterocycles. The topological polar surface area (TPSA) is 52.5 Å². The number of hydrogen-bond donors (Lipinski definition) is 1. The average Bonchev–Trinajstić information content (AvgIpc) is 2.56. The molecule has 5 nitrogen and oxygen atoms in total. The van der Waals surface area contributed by atoms with Gasteiger partial charge < -0.3 is 5.11 Å². The normalized spacial score (nSPS) is 21.2. The summed E-state index contributed by atoms with van der Waals surface area (Å²) in [5, 5.41) is 9.68. The van der Waals surface area contributed by atoms with Crippen molar-refractivity contribution in [1.29, 1.82) is 0 Å². The summed E-state index contributed by atoms with van der Waals surface area (Å²) < 4.78 is 0. The summed E-state index contributed by atoms with van der Waals surface area (Å²) in [5.74, 6) is 0. The van der Waals surface area contributed by atoms with Crippen LogP contribution in [0.1, 0.15) is 31.7 Å². The molecule has 0 radical (unpaired) electrons. The molecule has 0 unspecified atom stereocenters. The van der Waals surface area contributed by atoms with Crippen molar-refractivity contribution in [1.82, 2.24) is 19.8 Å². The molecule has 24 heavy (non-hydrogen) atoms.